The number of nitrogens with zero attached hydrogens (tertiary/aromatic N) is 3. The summed E-state index contributed by atoms with van der Waals surface area (Å²) in [6.07, 6.45) is 0.884. The van der Waals surface area contributed by atoms with Gasteiger partial charge in [0.2, 0.25) is 5.62 Å². The van der Waals surface area contributed by atoms with Crippen LogP contribution in [0.2, 0.25) is 5.02 Å². The normalized spacial score (nSPS) is 12.5. The lowest BCUT2D eigenvalue weighted by atomic mass is 10.2. The molecule has 0 spiro atoms. The van der Waals surface area contributed by atoms with E-state index in [0.717, 1.165) is 16.6 Å². The van der Waals surface area contributed by atoms with Gasteiger partial charge < -0.3 is 9.84 Å². The highest BCUT2D eigenvalue weighted by Gasteiger charge is 2.17. The molecule has 10 heteroatoms. The van der Waals surface area contributed by atoms with E-state index in [1.54, 1.807) is 48.5 Å². The molecule has 0 bridgehead atoms. The zero-order chi connectivity index (χ0) is 24.0. The average Bonchev–Trinajstić information content (AvgIpc) is 2.79. The van der Waals surface area contributed by atoms with Crippen LogP contribution in [-0.4, -0.2) is 31.8 Å². The second kappa shape index (κ2) is 10.8. The van der Waals surface area contributed by atoms with Gasteiger partial charge in [-0.3, -0.25) is 14.3 Å². The molecule has 9 nitrogen and oxygen atoms in total. The number of carboxylic acids is 1. The molecule has 33 heavy (non-hydrogen) atoms. The monoisotopic (exact) mass is 472 g/mol. The first-order chi connectivity index (χ1) is 15.8. The number of rotatable bonds is 9. The number of nitrogens with one attached hydrogen (secondary N) is 1. The van der Waals surface area contributed by atoms with Crippen molar-refractivity contribution in [3.05, 3.63) is 85.7 Å². The maximum Gasteiger partial charge on any atom is 0.335 e. The van der Waals surface area contributed by atoms with Crippen LogP contribution >= 0.6 is 11.6 Å². The quantitative estimate of drug-likeness (QED) is 0.496. The summed E-state index contributed by atoms with van der Waals surface area (Å²) in [6.45, 7) is 3.87. The smallest absolute Gasteiger partial charge is 0.335 e. The van der Waals surface area contributed by atoms with Gasteiger partial charge in [-0.2, -0.15) is 0 Å². The molecule has 2 aromatic carbocycles. The van der Waals surface area contributed by atoms with E-state index >= 15 is 0 Å². The number of hydrogen-bond acceptors (Lipinski definition) is 5. The molecule has 3 rings (SSSR count). The lowest BCUT2D eigenvalue weighted by molar-refractivity contribution is -0.141. The van der Waals surface area contributed by atoms with Crippen LogP contribution in [0.3, 0.4) is 0 Å². The Morgan fingerprint density at radius 2 is 1.79 bits per heavy atom. The molecule has 0 saturated heterocycles. The van der Waals surface area contributed by atoms with E-state index in [-0.39, 0.29) is 18.7 Å². The zero-order valence-corrected chi connectivity index (χ0v) is 19.1. The van der Waals surface area contributed by atoms with E-state index in [9.17, 15) is 19.5 Å². The topological polar surface area (TPSA) is 119 Å². The number of hydrogen-bond donors (Lipinski definition) is 2. The van der Waals surface area contributed by atoms with Crippen molar-refractivity contribution in [2.24, 2.45) is 10.9 Å². The molecular weight excluding hydrogens is 448 g/mol. The fourth-order valence-corrected chi connectivity index (χ4v) is 3.16. The van der Waals surface area contributed by atoms with Crippen LogP contribution in [0.15, 0.2) is 63.1 Å². The Hall–Kier alpha value is -3.59. The molecule has 1 aromatic heterocycles. The SMILES string of the molecule is CCCOc1ccc(/N=c2\[nH]c(=O)n(C[C@H](C)C(=O)O)c(=O)n2Cc2ccc(Cl)cc2)cc1. The summed E-state index contributed by atoms with van der Waals surface area (Å²) in [7, 11) is 0. The molecule has 0 aliphatic heterocycles. The fraction of sp³-hybridized carbons (Fsp3) is 0.304. The Kier molecular flexibility index (Phi) is 7.89. The first-order valence-electron chi connectivity index (χ1n) is 10.5. The molecule has 0 saturated carbocycles. The molecule has 0 unspecified atom stereocenters. The lowest BCUT2D eigenvalue weighted by Crippen LogP contribution is -2.51. The zero-order valence-electron chi connectivity index (χ0n) is 18.3. The van der Waals surface area contributed by atoms with Gasteiger partial charge in [0, 0.05) is 11.6 Å². The van der Waals surface area contributed by atoms with Gasteiger partial charge in [-0.1, -0.05) is 37.6 Å². The van der Waals surface area contributed by atoms with Gasteiger partial charge in [0.1, 0.15) is 5.75 Å². The molecule has 0 radical (unpaired) electrons. The molecule has 0 fully saturated rings. The Morgan fingerprint density at radius 1 is 1.12 bits per heavy atom. The third-order valence-corrected chi connectivity index (χ3v) is 5.11. The number of aromatic nitrogens is 3. The van der Waals surface area contributed by atoms with E-state index in [2.05, 4.69) is 9.98 Å². The Bertz CT molecular complexity index is 1290. The number of ether oxygens (including phenoxy) is 1. The van der Waals surface area contributed by atoms with Crippen LogP contribution in [0.25, 0.3) is 0 Å². The number of carbonyl (C=O) groups is 1. The van der Waals surface area contributed by atoms with Crippen molar-refractivity contribution in [2.45, 2.75) is 33.4 Å². The standard InChI is InChI=1S/C23H25ClN4O5/c1-3-12-33-19-10-8-18(9-11-19)25-21-26-22(31)28(13-15(2)20(29)30)23(32)27(21)14-16-4-6-17(24)7-5-16/h4-11,15H,3,12-14H2,1-2H3,(H,29,30)(H,25,26,31)/t15-/m0/s1. The van der Waals surface area contributed by atoms with Crippen LogP contribution in [0.5, 0.6) is 5.75 Å². The van der Waals surface area contributed by atoms with Crippen molar-refractivity contribution in [1.29, 1.82) is 0 Å². The minimum atomic E-state index is -1.11. The summed E-state index contributed by atoms with van der Waals surface area (Å²) in [5.74, 6) is -1.34. The van der Waals surface area contributed by atoms with Gasteiger partial charge >= 0.3 is 17.3 Å². The van der Waals surface area contributed by atoms with Gasteiger partial charge in [-0.25, -0.2) is 19.1 Å². The number of benzene rings is 2. The minimum absolute atomic E-state index is 0.0430. The number of halogens is 1. The van der Waals surface area contributed by atoms with Crippen molar-refractivity contribution < 1.29 is 14.6 Å². The van der Waals surface area contributed by atoms with E-state index in [1.807, 2.05) is 6.92 Å². The highest BCUT2D eigenvalue weighted by atomic mass is 35.5. The summed E-state index contributed by atoms with van der Waals surface area (Å²) >= 11 is 5.96. The van der Waals surface area contributed by atoms with Gasteiger partial charge in [-0.05, 0) is 48.4 Å². The third kappa shape index (κ3) is 6.23. The highest BCUT2D eigenvalue weighted by molar-refractivity contribution is 6.30. The summed E-state index contributed by atoms with van der Waals surface area (Å²) in [5, 5.41) is 9.76. The van der Waals surface area contributed by atoms with Crippen molar-refractivity contribution in [3.8, 4) is 5.75 Å². The predicted octanol–water partition coefficient (Wildman–Crippen LogP) is 2.78. The van der Waals surface area contributed by atoms with Crippen LogP contribution in [0.1, 0.15) is 25.8 Å². The molecular formula is C23H25ClN4O5. The average molecular weight is 473 g/mol. The van der Waals surface area contributed by atoms with Crippen molar-refractivity contribution in [1.82, 2.24) is 14.1 Å². The number of carboxylic acid groups (broad SMARTS) is 1. The number of aliphatic carboxylic acids is 1. The van der Waals surface area contributed by atoms with Crippen LogP contribution < -0.4 is 21.7 Å². The Balaban J connectivity index is 2.10. The largest absolute Gasteiger partial charge is 0.494 e. The second-order valence-electron chi connectivity index (χ2n) is 7.55. The molecule has 2 N–H and O–H groups in total. The second-order valence-corrected chi connectivity index (χ2v) is 7.99. The van der Waals surface area contributed by atoms with Gasteiger partial charge in [0.25, 0.3) is 0 Å². The Morgan fingerprint density at radius 3 is 2.39 bits per heavy atom. The molecule has 0 aliphatic carbocycles. The minimum Gasteiger partial charge on any atom is -0.494 e. The molecule has 0 amide bonds. The molecule has 1 heterocycles. The third-order valence-electron chi connectivity index (χ3n) is 4.86. The summed E-state index contributed by atoms with van der Waals surface area (Å²) in [4.78, 5) is 44.2. The van der Waals surface area contributed by atoms with Gasteiger partial charge in [-0.15, -0.1) is 0 Å². The first-order valence-corrected chi connectivity index (χ1v) is 10.8. The molecule has 1 atom stereocenters. The number of aromatic amines is 1. The molecule has 174 valence electrons. The maximum absolute atomic E-state index is 13.2. The van der Waals surface area contributed by atoms with E-state index < -0.39 is 23.3 Å². The highest BCUT2D eigenvalue weighted by Crippen LogP contribution is 2.17. The summed E-state index contributed by atoms with van der Waals surface area (Å²) in [6, 6.07) is 13.8. The van der Waals surface area contributed by atoms with Crippen LogP contribution in [0.4, 0.5) is 5.69 Å². The first kappa shape index (κ1) is 24.1. The van der Waals surface area contributed by atoms with Crippen LogP contribution in [0, 0.1) is 5.92 Å². The Labute approximate surface area is 194 Å². The number of H-pyrrole nitrogens is 1. The summed E-state index contributed by atoms with van der Waals surface area (Å²) < 4.78 is 7.73. The molecule has 0 aliphatic rings. The fourth-order valence-electron chi connectivity index (χ4n) is 3.03. The van der Waals surface area contributed by atoms with Gasteiger partial charge in [0.05, 0.1) is 24.8 Å². The lowest BCUT2D eigenvalue weighted by Gasteiger charge is -2.13. The van der Waals surface area contributed by atoms with E-state index in [4.69, 9.17) is 16.3 Å². The summed E-state index contributed by atoms with van der Waals surface area (Å²) in [5.41, 5.74) is -0.0893. The van der Waals surface area contributed by atoms with Gasteiger partial charge in [0.15, 0.2) is 0 Å². The van der Waals surface area contributed by atoms with E-state index in [1.165, 1.54) is 11.5 Å². The predicted molar refractivity (Wildman–Crippen MR) is 124 cm³/mol. The maximum atomic E-state index is 13.2. The van der Waals surface area contributed by atoms with Crippen LogP contribution in [-0.2, 0) is 17.9 Å². The van der Waals surface area contributed by atoms with Crippen molar-refractivity contribution >= 4 is 23.3 Å². The van der Waals surface area contributed by atoms with E-state index in [0.29, 0.717) is 23.1 Å². The van der Waals surface area contributed by atoms with Crippen molar-refractivity contribution in [2.75, 3.05) is 6.61 Å². The van der Waals surface area contributed by atoms with Crippen molar-refractivity contribution in [3.63, 3.8) is 0 Å². The molecule has 3 aromatic rings.